The molecule has 0 bridgehead atoms. The number of hydrogen-bond acceptors (Lipinski definition) is 8. The number of hydrogen-bond donors (Lipinski definition) is 1. The lowest BCUT2D eigenvalue weighted by Gasteiger charge is -2.28. The van der Waals surface area contributed by atoms with Gasteiger partial charge in [-0.05, 0) is 31.0 Å². The molecule has 0 aliphatic carbocycles. The molecule has 0 saturated carbocycles. The highest BCUT2D eigenvalue weighted by atomic mass is 16.5. The van der Waals surface area contributed by atoms with Crippen molar-refractivity contribution in [2.24, 2.45) is 5.10 Å². The molecule has 0 radical (unpaired) electrons. The summed E-state index contributed by atoms with van der Waals surface area (Å²) in [6.07, 6.45) is 6.32. The number of ether oxygens (including phenoxy) is 1. The fourth-order valence-corrected chi connectivity index (χ4v) is 3.92. The lowest BCUT2D eigenvalue weighted by molar-refractivity contribution is 0.122. The van der Waals surface area contributed by atoms with Crippen LogP contribution < -0.4 is 15.2 Å². The van der Waals surface area contributed by atoms with Gasteiger partial charge in [-0.1, -0.05) is 29.8 Å². The Balaban J connectivity index is 1.48. The molecule has 4 heterocycles. The number of morpholine rings is 1. The Hall–Kier alpha value is -3.52. The van der Waals surface area contributed by atoms with E-state index in [4.69, 9.17) is 14.7 Å². The van der Waals surface area contributed by atoms with E-state index in [2.05, 4.69) is 50.4 Å². The van der Waals surface area contributed by atoms with Crippen molar-refractivity contribution in [3.05, 3.63) is 65.5 Å². The number of hydrazone groups is 1. The van der Waals surface area contributed by atoms with Crippen molar-refractivity contribution in [2.45, 2.75) is 13.3 Å². The van der Waals surface area contributed by atoms with E-state index in [1.807, 2.05) is 30.6 Å². The second-order valence-corrected chi connectivity index (χ2v) is 7.67. The average Bonchev–Trinajstić information content (AvgIpc) is 3.24. The molecule has 1 fully saturated rings. The molecule has 2 aliphatic rings. The highest BCUT2D eigenvalue weighted by Crippen LogP contribution is 2.37. The van der Waals surface area contributed by atoms with Gasteiger partial charge in [0.25, 0.3) is 0 Å². The number of aromatic nitrogens is 3. The van der Waals surface area contributed by atoms with Crippen molar-refractivity contribution in [3.63, 3.8) is 0 Å². The van der Waals surface area contributed by atoms with Gasteiger partial charge in [-0.2, -0.15) is 15.1 Å². The van der Waals surface area contributed by atoms with Crippen LogP contribution in [0.4, 0.5) is 23.3 Å². The average molecular weight is 416 g/mol. The highest BCUT2D eigenvalue weighted by Gasteiger charge is 2.28. The first-order chi connectivity index (χ1) is 15.3. The Morgan fingerprint density at radius 2 is 2.00 bits per heavy atom. The van der Waals surface area contributed by atoms with Crippen molar-refractivity contribution in [1.82, 2.24) is 15.0 Å². The summed E-state index contributed by atoms with van der Waals surface area (Å²) in [6.45, 7) is 5.82. The lowest BCUT2D eigenvalue weighted by atomic mass is 10.2. The van der Waals surface area contributed by atoms with Gasteiger partial charge in [0.15, 0.2) is 5.82 Å². The Morgan fingerprint density at radius 3 is 2.81 bits per heavy atom. The topological polar surface area (TPSA) is 78.8 Å². The first-order valence-electron chi connectivity index (χ1n) is 10.5. The molecule has 158 valence electrons. The minimum absolute atomic E-state index is 0.682. The number of aryl methyl sites for hydroxylation is 1. The summed E-state index contributed by atoms with van der Waals surface area (Å²) in [4.78, 5) is 18.4. The molecule has 3 aromatic rings. The van der Waals surface area contributed by atoms with E-state index < -0.39 is 0 Å². The number of pyridine rings is 1. The molecule has 1 aromatic carbocycles. The quantitative estimate of drug-likeness (QED) is 0.507. The monoisotopic (exact) mass is 415 g/mol. The molecule has 5 rings (SSSR count). The third kappa shape index (κ3) is 4.20. The number of nitrogens with zero attached hydrogens (tertiary/aromatic N) is 6. The summed E-state index contributed by atoms with van der Waals surface area (Å²) in [6, 6.07) is 12.2. The number of fused-ring (bicyclic) bond motifs is 1. The molecule has 1 saturated heterocycles. The second-order valence-electron chi connectivity index (χ2n) is 7.67. The molecule has 8 heteroatoms. The minimum atomic E-state index is 0.682. The van der Waals surface area contributed by atoms with Gasteiger partial charge in [-0.25, -0.2) is 0 Å². The van der Waals surface area contributed by atoms with Crippen LogP contribution in [0.25, 0.3) is 0 Å². The Labute approximate surface area is 181 Å². The third-order valence-corrected chi connectivity index (χ3v) is 5.49. The molecule has 2 aliphatic heterocycles. The smallest absolute Gasteiger partial charge is 0.229 e. The molecule has 0 amide bonds. The zero-order valence-electron chi connectivity index (χ0n) is 17.5. The Morgan fingerprint density at radius 1 is 1.10 bits per heavy atom. The number of rotatable bonds is 5. The molecule has 8 nitrogen and oxygen atoms in total. The summed E-state index contributed by atoms with van der Waals surface area (Å²) in [5, 5.41) is 4.48. The zero-order valence-corrected chi connectivity index (χ0v) is 17.5. The fourth-order valence-electron chi connectivity index (χ4n) is 3.92. The van der Waals surface area contributed by atoms with E-state index in [1.165, 1.54) is 5.56 Å². The summed E-state index contributed by atoms with van der Waals surface area (Å²) < 4.78 is 5.50. The predicted molar refractivity (Wildman–Crippen MR) is 122 cm³/mol. The summed E-state index contributed by atoms with van der Waals surface area (Å²) in [5.74, 6) is 2.37. The van der Waals surface area contributed by atoms with Crippen LogP contribution in [-0.2, 0) is 11.2 Å². The van der Waals surface area contributed by atoms with Crippen LogP contribution in [0, 0.1) is 6.92 Å². The molecular weight excluding hydrogens is 390 g/mol. The van der Waals surface area contributed by atoms with Gasteiger partial charge in [0.05, 0.1) is 31.3 Å². The number of anilines is 4. The predicted octanol–water partition coefficient (Wildman–Crippen LogP) is 3.16. The Kier molecular flexibility index (Phi) is 5.45. The van der Waals surface area contributed by atoms with E-state index in [9.17, 15) is 0 Å². The van der Waals surface area contributed by atoms with Crippen LogP contribution >= 0.6 is 0 Å². The largest absolute Gasteiger partial charge is 0.378 e. The first kappa shape index (κ1) is 19.4. The lowest BCUT2D eigenvalue weighted by Crippen LogP contribution is -2.37. The first-order valence-corrected chi connectivity index (χ1v) is 10.5. The summed E-state index contributed by atoms with van der Waals surface area (Å²) in [7, 11) is 0. The highest BCUT2D eigenvalue weighted by molar-refractivity contribution is 5.81. The van der Waals surface area contributed by atoms with Gasteiger partial charge in [0.1, 0.15) is 5.82 Å². The Bertz CT molecular complexity index is 1080. The van der Waals surface area contributed by atoms with E-state index in [0.29, 0.717) is 19.2 Å². The normalized spacial score (nSPS) is 16.0. The van der Waals surface area contributed by atoms with Crippen LogP contribution in [-0.4, -0.2) is 54.0 Å². The van der Waals surface area contributed by atoms with Crippen molar-refractivity contribution in [2.75, 3.05) is 48.1 Å². The van der Waals surface area contributed by atoms with Crippen LogP contribution in [0.1, 0.15) is 16.7 Å². The van der Waals surface area contributed by atoms with Gasteiger partial charge in [-0.15, -0.1) is 0 Å². The molecule has 1 N–H and O–H groups in total. The SMILES string of the molecule is Cc1cccc(/C=N/Nc2nc(N3CCOCC3)nc3c2CCN3c2cccnc2)c1. The maximum absolute atomic E-state index is 5.50. The molecule has 0 spiro atoms. The van der Waals surface area contributed by atoms with Gasteiger partial charge >= 0.3 is 0 Å². The molecule has 31 heavy (non-hydrogen) atoms. The van der Waals surface area contributed by atoms with Crippen LogP contribution in [0.2, 0.25) is 0 Å². The van der Waals surface area contributed by atoms with Gasteiger partial charge in [0, 0.05) is 31.4 Å². The van der Waals surface area contributed by atoms with Crippen molar-refractivity contribution in [3.8, 4) is 0 Å². The number of nitrogens with one attached hydrogen (secondary N) is 1. The second kappa shape index (κ2) is 8.69. The van der Waals surface area contributed by atoms with E-state index in [-0.39, 0.29) is 0 Å². The van der Waals surface area contributed by atoms with Gasteiger partial charge in [-0.3, -0.25) is 10.4 Å². The van der Waals surface area contributed by atoms with Crippen molar-refractivity contribution >= 4 is 29.5 Å². The van der Waals surface area contributed by atoms with Gasteiger partial charge in [0.2, 0.25) is 5.95 Å². The molecular formula is C23H25N7O. The summed E-state index contributed by atoms with van der Waals surface area (Å²) in [5.41, 5.74) is 7.53. The van der Waals surface area contributed by atoms with E-state index in [1.54, 1.807) is 6.20 Å². The maximum Gasteiger partial charge on any atom is 0.229 e. The third-order valence-electron chi connectivity index (χ3n) is 5.49. The van der Waals surface area contributed by atoms with Gasteiger partial charge < -0.3 is 14.5 Å². The van der Waals surface area contributed by atoms with E-state index in [0.717, 1.165) is 54.5 Å². The van der Waals surface area contributed by atoms with Crippen molar-refractivity contribution in [1.29, 1.82) is 0 Å². The van der Waals surface area contributed by atoms with Crippen LogP contribution in [0.15, 0.2) is 53.9 Å². The van der Waals surface area contributed by atoms with Crippen LogP contribution in [0.5, 0.6) is 0 Å². The fraction of sp³-hybridized carbons (Fsp3) is 0.304. The standard InChI is InChI=1S/C23H25N7O/c1-17-4-2-5-18(14-17)15-25-28-21-20-7-9-30(19-6-3-8-24-16-19)22(20)27-23(26-21)29-10-12-31-13-11-29/h2-6,8,14-16H,7,9-13H2,1H3,(H,26,27,28)/b25-15+. The van der Waals surface area contributed by atoms with E-state index >= 15 is 0 Å². The zero-order chi connectivity index (χ0) is 21.0. The minimum Gasteiger partial charge on any atom is -0.378 e. The molecule has 0 unspecified atom stereocenters. The van der Waals surface area contributed by atoms with Crippen LogP contribution in [0.3, 0.4) is 0 Å². The maximum atomic E-state index is 5.50. The molecule has 0 atom stereocenters. The van der Waals surface area contributed by atoms with Crippen molar-refractivity contribution < 1.29 is 4.74 Å². The molecule has 2 aromatic heterocycles. The number of benzene rings is 1. The summed E-state index contributed by atoms with van der Waals surface area (Å²) >= 11 is 0.